The first kappa shape index (κ1) is 12.2. The molecular weight excluding hydrogens is 232 g/mol. The summed E-state index contributed by atoms with van der Waals surface area (Å²) in [5.74, 6) is -0.813. The fourth-order valence-electron chi connectivity index (χ4n) is 0.883. The molecule has 0 spiro atoms. The summed E-state index contributed by atoms with van der Waals surface area (Å²) in [6, 6.07) is 6.11. The predicted molar refractivity (Wildman–Crippen MR) is 58.1 cm³/mol. The Balaban J connectivity index is 0.000000212. The van der Waals surface area contributed by atoms with E-state index in [0.29, 0.717) is 5.02 Å². The summed E-state index contributed by atoms with van der Waals surface area (Å²) in [4.78, 5) is 20.5. The number of hydrogen-bond acceptors (Lipinski definition) is 4. The Morgan fingerprint density at radius 3 is 2.75 bits per heavy atom. The van der Waals surface area contributed by atoms with Gasteiger partial charge in [0.1, 0.15) is 0 Å². The molecule has 0 saturated heterocycles. The van der Waals surface area contributed by atoms with E-state index in [1.54, 1.807) is 30.9 Å². The molecule has 0 bridgehead atoms. The van der Waals surface area contributed by atoms with Crippen molar-refractivity contribution in [2.45, 2.75) is 0 Å². The van der Waals surface area contributed by atoms with Gasteiger partial charge in [0.05, 0.1) is 11.9 Å². The summed E-state index contributed by atoms with van der Waals surface area (Å²) >= 11 is 5.56. The lowest BCUT2D eigenvalue weighted by Crippen LogP contribution is -2.00. The van der Waals surface area contributed by atoms with Crippen LogP contribution in [0.1, 0.15) is 10.4 Å². The van der Waals surface area contributed by atoms with E-state index in [1.165, 1.54) is 12.1 Å². The number of carbonyl (C=O) groups is 1. The first-order valence-corrected chi connectivity index (χ1v) is 4.66. The highest BCUT2D eigenvalue weighted by atomic mass is 35.5. The number of rotatable bonds is 1. The van der Waals surface area contributed by atoms with Gasteiger partial charge in [0.15, 0.2) is 0 Å². The number of H-pyrrole nitrogens is 1. The summed E-state index contributed by atoms with van der Waals surface area (Å²) in [5.41, 5.74) is 0.222. The van der Waals surface area contributed by atoms with Crippen molar-refractivity contribution in [2.75, 3.05) is 0 Å². The third kappa shape index (κ3) is 4.12. The Morgan fingerprint density at radius 1 is 1.50 bits per heavy atom. The number of aromatic nitrogens is 2. The molecular formula is C10H9ClN2O3. The Hall–Kier alpha value is -1.85. The number of carbonyl (C=O) groups excluding carboxylic acids is 1. The second-order valence-corrected chi connectivity index (χ2v) is 3.09. The highest BCUT2D eigenvalue weighted by Crippen LogP contribution is 2.10. The van der Waals surface area contributed by atoms with Gasteiger partial charge in [-0.25, -0.2) is 9.78 Å². The maximum Gasteiger partial charge on any atom is 0.372 e. The van der Waals surface area contributed by atoms with E-state index in [0.717, 1.165) is 0 Å². The van der Waals surface area contributed by atoms with E-state index in [2.05, 4.69) is 14.9 Å². The Kier molecular flexibility index (Phi) is 5.04. The fraction of sp³-hybridized carbons (Fsp3) is 0. The van der Waals surface area contributed by atoms with Gasteiger partial charge in [-0.15, -0.1) is 0 Å². The van der Waals surface area contributed by atoms with E-state index in [9.17, 15) is 4.79 Å². The van der Waals surface area contributed by atoms with Crippen molar-refractivity contribution in [2.24, 2.45) is 0 Å². The van der Waals surface area contributed by atoms with Crippen molar-refractivity contribution < 1.29 is 14.9 Å². The van der Waals surface area contributed by atoms with Crippen LogP contribution in [0.15, 0.2) is 43.0 Å². The molecule has 0 saturated carbocycles. The van der Waals surface area contributed by atoms with Gasteiger partial charge in [-0.3, -0.25) is 4.89 Å². The van der Waals surface area contributed by atoms with Gasteiger partial charge >= 0.3 is 5.97 Å². The first-order valence-electron chi connectivity index (χ1n) is 4.28. The minimum Gasteiger partial charge on any atom is -0.351 e. The van der Waals surface area contributed by atoms with Crippen LogP contribution in [0.4, 0.5) is 0 Å². The molecule has 1 aromatic carbocycles. The standard InChI is InChI=1S/C7H5ClO3.C3H4N2/c8-6-3-1-2-5(4-6)7(9)11-10;1-2-5-3-4-1/h1-4,10H;1-3H,(H,4,5). The minimum absolute atomic E-state index is 0.222. The maximum atomic E-state index is 10.6. The van der Waals surface area contributed by atoms with E-state index >= 15 is 0 Å². The molecule has 2 N–H and O–H groups in total. The largest absolute Gasteiger partial charge is 0.372 e. The molecule has 0 aliphatic rings. The highest BCUT2D eigenvalue weighted by molar-refractivity contribution is 6.30. The normalized spacial score (nSPS) is 8.88. The van der Waals surface area contributed by atoms with E-state index < -0.39 is 5.97 Å². The van der Waals surface area contributed by atoms with Crippen molar-refractivity contribution in [3.8, 4) is 0 Å². The third-order valence-electron chi connectivity index (χ3n) is 1.55. The van der Waals surface area contributed by atoms with Gasteiger partial charge in [-0.2, -0.15) is 5.26 Å². The van der Waals surface area contributed by atoms with Crippen LogP contribution in [-0.4, -0.2) is 21.2 Å². The number of hydrogen-bond donors (Lipinski definition) is 2. The summed E-state index contributed by atoms with van der Waals surface area (Å²) in [6.45, 7) is 0. The molecule has 2 rings (SSSR count). The van der Waals surface area contributed by atoms with Gasteiger partial charge in [-0.1, -0.05) is 17.7 Å². The molecule has 6 heteroatoms. The van der Waals surface area contributed by atoms with E-state index in [1.807, 2.05) is 0 Å². The van der Waals surface area contributed by atoms with E-state index in [4.69, 9.17) is 16.9 Å². The van der Waals surface area contributed by atoms with Crippen molar-refractivity contribution in [3.63, 3.8) is 0 Å². The predicted octanol–water partition coefficient (Wildman–Crippen LogP) is 2.38. The molecule has 1 heterocycles. The summed E-state index contributed by atoms with van der Waals surface area (Å²) in [5, 5.41) is 8.41. The number of nitrogens with one attached hydrogen (secondary N) is 1. The summed E-state index contributed by atoms with van der Waals surface area (Å²) in [7, 11) is 0. The maximum absolute atomic E-state index is 10.6. The fourth-order valence-corrected chi connectivity index (χ4v) is 1.07. The van der Waals surface area contributed by atoms with Crippen LogP contribution in [0.3, 0.4) is 0 Å². The lowest BCUT2D eigenvalue weighted by atomic mass is 10.2. The molecule has 0 aliphatic heterocycles. The van der Waals surface area contributed by atoms with Gasteiger partial charge in [-0.05, 0) is 18.2 Å². The van der Waals surface area contributed by atoms with Gasteiger partial charge in [0, 0.05) is 17.4 Å². The number of halogens is 1. The molecule has 84 valence electrons. The number of nitrogens with zero attached hydrogens (tertiary/aromatic N) is 1. The molecule has 16 heavy (non-hydrogen) atoms. The molecule has 0 radical (unpaired) electrons. The zero-order valence-corrected chi connectivity index (χ0v) is 8.89. The Bertz CT molecular complexity index is 414. The summed E-state index contributed by atoms with van der Waals surface area (Å²) in [6.07, 6.45) is 5.08. The quantitative estimate of drug-likeness (QED) is 0.593. The first-order chi connectivity index (χ1) is 7.74. The Morgan fingerprint density at radius 2 is 2.31 bits per heavy atom. The SMILES string of the molecule is O=C(OO)c1cccc(Cl)c1.c1c[nH]cn1. The smallest absolute Gasteiger partial charge is 0.351 e. The molecule has 5 nitrogen and oxygen atoms in total. The monoisotopic (exact) mass is 240 g/mol. The second-order valence-electron chi connectivity index (χ2n) is 2.65. The van der Waals surface area contributed by atoms with E-state index in [-0.39, 0.29) is 5.56 Å². The number of benzene rings is 1. The minimum atomic E-state index is -0.813. The molecule has 0 amide bonds. The molecule has 1 aromatic heterocycles. The highest BCUT2D eigenvalue weighted by Gasteiger charge is 2.05. The zero-order valence-electron chi connectivity index (χ0n) is 8.13. The van der Waals surface area contributed by atoms with Crippen molar-refractivity contribution in [3.05, 3.63) is 53.6 Å². The van der Waals surface area contributed by atoms with Crippen LogP contribution in [0.2, 0.25) is 5.02 Å². The van der Waals surface area contributed by atoms with Gasteiger partial charge in [0.2, 0.25) is 0 Å². The van der Waals surface area contributed by atoms with Crippen LogP contribution in [0.25, 0.3) is 0 Å². The number of imidazole rings is 1. The van der Waals surface area contributed by atoms with Crippen LogP contribution in [0.5, 0.6) is 0 Å². The van der Waals surface area contributed by atoms with Crippen LogP contribution < -0.4 is 0 Å². The lowest BCUT2D eigenvalue weighted by Gasteiger charge is -1.95. The van der Waals surface area contributed by atoms with Crippen LogP contribution >= 0.6 is 11.6 Å². The lowest BCUT2D eigenvalue weighted by molar-refractivity contribution is -0.182. The van der Waals surface area contributed by atoms with Crippen molar-refractivity contribution in [1.29, 1.82) is 0 Å². The Labute approximate surface area is 96.6 Å². The third-order valence-corrected chi connectivity index (χ3v) is 1.78. The molecule has 0 aliphatic carbocycles. The molecule has 0 fully saturated rings. The van der Waals surface area contributed by atoms with Crippen LogP contribution in [0, 0.1) is 0 Å². The molecule has 0 atom stereocenters. The number of aromatic amines is 1. The van der Waals surface area contributed by atoms with Gasteiger partial charge < -0.3 is 4.98 Å². The van der Waals surface area contributed by atoms with Crippen molar-refractivity contribution in [1.82, 2.24) is 9.97 Å². The van der Waals surface area contributed by atoms with Gasteiger partial charge in [0.25, 0.3) is 0 Å². The van der Waals surface area contributed by atoms with Crippen LogP contribution in [-0.2, 0) is 4.89 Å². The zero-order chi connectivity index (χ0) is 11.8. The second kappa shape index (κ2) is 6.60. The molecule has 2 aromatic rings. The van der Waals surface area contributed by atoms with Crippen molar-refractivity contribution >= 4 is 17.6 Å². The summed E-state index contributed by atoms with van der Waals surface area (Å²) < 4.78 is 0. The average Bonchev–Trinajstić information content (AvgIpc) is 2.86. The molecule has 0 unspecified atom stereocenters. The average molecular weight is 241 g/mol. The topological polar surface area (TPSA) is 75.2 Å².